The molecule has 5 nitrogen and oxygen atoms in total. The molecule has 16 heavy (non-hydrogen) atoms. The van der Waals surface area contributed by atoms with Crippen LogP contribution in [0.2, 0.25) is 0 Å². The largest absolute Gasteiger partial charge is 0.465 e. The molecule has 0 atom stereocenters. The van der Waals surface area contributed by atoms with E-state index in [4.69, 9.17) is 5.73 Å². The minimum Gasteiger partial charge on any atom is -0.465 e. The maximum Gasteiger partial charge on any atom is 0.338 e. The Morgan fingerprint density at radius 1 is 1.44 bits per heavy atom. The zero-order valence-corrected chi connectivity index (χ0v) is 9.47. The Morgan fingerprint density at radius 3 is 2.44 bits per heavy atom. The van der Waals surface area contributed by atoms with E-state index < -0.39 is 21.1 Å². The van der Waals surface area contributed by atoms with Crippen LogP contribution in [0.15, 0.2) is 17.0 Å². The Morgan fingerprint density at radius 2 is 2.00 bits per heavy atom. The lowest BCUT2D eigenvalue weighted by molar-refractivity contribution is 0.0599. The molecule has 2 N–H and O–H groups in total. The number of hydrogen-bond acceptors (Lipinski definition) is 5. The van der Waals surface area contributed by atoms with Crippen LogP contribution >= 0.6 is 0 Å². The van der Waals surface area contributed by atoms with Crippen molar-refractivity contribution in [3.63, 3.8) is 0 Å². The first-order chi connectivity index (χ1) is 7.27. The van der Waals surface area contributed by atoms with E-state index in [9.17, 15) is 17.1 Å². The van der Waals surface area contributed by atoms with Crippen LogP contribution in [-0.4, -0.2) is 21.5 Å². The lowest BCUT2D eigenvalue weighted by atomic mass is 10.1. The number of nitrogen functional groups attached to an aromatic ring is 1. The topological polar surface area (TPSA) is 86.5 Å². The normalized spacial score (nSPS) is 11.2. The molecule has 0 saturated carbocycles. The fraction of sp³-hybridized carbons (Fsp3) is 0.222. The summed E-state index contributed by atoms with van der Waals surface area (Å²) in [5.41, 5.74) is 5.26. The molecule has 7 heteroatoms. The second kappa shape index (κ2) is 4.09. The Kier molecular flexibility index (Phi) is 3.18. The minimum atomic E-state index is -4.91. The van der Waals surface area contributed by atoms with Crippen molar-refractivity contribution in [1.29, 1.82) is 0 Å². The lowest BCUT2D eigenvalue weighted by Gasteiger charge is -2.08. The first-order valence-corrected chi connectivity index (χ1v) is 5.59. The zero-order chi connectivity index (χ0) is 12.5. The van der Waals surface area contributed by atoms with E-state index in [1.54, 1.807) is 0 Å². The third-order valence-electron chi connectivity index (χ3n) is 2.05. The highest BCUT2D eigenvalue weighted by molar-refractivity contribution is 7.86. The molecule has 0 amide bonds. The molecule has 0 aliphatic carbocycles. The van der Waals surface area contributed by atoms with E-state index in [1.807, 2.05) is 0 Å². The highest BCUT2D eigenvalue weighted by Gasteiger charge is 2.21. The number of carbonyl (C=O) groups excluding carboxylic acids is 1. The van der Waals surface area contributed by atoms with Crippen molar-refractivity contribution in [2.45, 2.75) is 11.8 Å². The van der Waals surface area contributed by atoms with Crippen LogP contribution in [0.25, 0.3) is 0 Å². The first kappa shape index (κ1) is 12.4. The third-order valence-corrected chi connectivity index (χ3v) is 3.00. The summed E-state index contributed by atoms with van der Waals surface area (Å²) >= 11 is 0. The third kappa shape index (κ3) is 2.30. The van der Waals surface area contributed by atoms with E-state index in [1.165, 1.54) is 13.0 Å². The molecule has 0 aliphatic heterocycles. The van der Waals surface area contributed by atoms with E-state index in [-0.39, 0.29) is 16.8 Å². The predicted molar refractivity (Wildman–Crippen MR) is 55.2 cm³/mol. The van der Waals surface area contributed by atoms with Crippen LogP contribution in [0, 0.1) is 6.92 Å². The van der Waals surface area contributed by atoms with E-state index in [0.717, 1.165) is 13.2 Å². The van der Waals surface area contributed by atoms with Gasteiger partial charge in [-0.15, -0.1) is 3.89 Å². The van der Waals surface area contributed by atoms with E-state index in [2.05, 4.69) is 4.74 Å². The summed E-state index contributed by atoms with van der Waals surface area (Å²) in [4.78, 5) is 10.7. The second-order valence-electron chi connectivity index (χ2n) is 3.12. The van der Waals surface area contributed by atoms with Gasteiger partial charge in [0, 0.05) is 5.69 Å². The maximum atomic E-state index is 12.9. The Labute approximate surface area is 92.2 Å². The van der Waals surface area contributed by atoms with Gasteiger partial charge in [0.15, 0.2) is 0 Å². The standard InChI is InChI=1S/C9H10FNO4S/c1-5-7(9(12)15-2)3-6(11)4-8(5)16(10,13)14/h3-4H,11H2,1-2H3. The highest BCUT2D eigenvalue weighted by Crippen LogP contribution is 2.24. The fourth-order valence-electron chi connectivity index (χ4n) is 1.28. The van der Waals surface area contributed by atoms with Crippen LogP contribution in [0.4, 0.5) is 9.57 Å². The van der Waals surface area contributed by atoms with Gasteiger partial charge in [-0.05, 0) is 24.6 Å². The van der Waals surface area contributed by atoms with Crippen molar-refractivity contribution in [1.82, 2.24) is 0 Å². The van der Waals surface area contributed by atoms with Crippen molar-refractivity contribution in [2.75, 3.05) is 12.8 Å². The van der Waals surface area contributed by atoms with Crippen molar-refractivity contribution >= 4 is 21.9 Å². The summed E-state index contributed by atoms with van der Waals surface area (Å²) in [5.74, 6) is -0.769. The van der Waals surface area contributed by atoms with E-state index in [0.29, 0.717) is 0 Å². The number of rotatable bonds is 2. The van der Waals surface area contributed by atoms with Crippen LogP contribution in [0.5, 0.6) is 0 Å². The Bertz CT molecular complexity index is 539. The number of benzene rings is 1. The van der Waals surface area contributed by atoms with Gasteiger partial charge in [0.05, 0.1) is 12.7 Å². The van der Waals surface area contributed by atoms with Gasteiger partial charge in [-0.2, -0.15) is 8.42 Å². The quantitative estimate of drug-likeness (QED) is 0.479. The number of ether oxygens (including phenoxy) is 1. The number of anilines is 1. The SMILES string of the molecule is COC(=O)c1cc(N)cc(S(=O)(=O)F)c1C. The van der Waals surface area contributed by atoms with Crippen LogP contribution in [0.1, 0.15) is 15.9 Å². The molecule has 1 aromatic rings. The molecule has 0 saturated heterocycles. The molecule has 0 fully saturated rings. The van der Waals surface area contributed by atoms with Crippen molar-refractivity contribution < 1.29 is 21.8 Å². The first-order valence-electron chi connectivity index (χ1n) is 4.20. The van der Waals surface area contributed by atoms with E-state index >= 15 is 0 Å². The molecule has 0 unspecified atom stereocenters. The minimum absolute atomic E-state index is 0.0245. The number of halogens is 1. The molecule has 0 aromatic heterocycles. The van der Waals surface area contributed by atoms with Gasteiger partial charge < -0.3 is 10.5 Å². The molecule has 0 heterocycles. The molecule has 0 radical (unpaired) electrons. The number of methoxy groups -OCH3 is 1. The average molecular weight is 247 g/mol. The van der Waals surface area contributed by atoms with Gasteiger partial charge >= 0.3 is 16.2 Å². The summed E-state index contributed by atoms with van der Waals surface area (Å²) < 4.78 is 38.9. The van der Waals surface area contributed by atoms with Gasteiger partial charge in [0.2, 0.25) is 0 Å². The van der Waals surface area contributed by atoms with Crippen molar-refractivity contribution in [2.24, 2.45) is 0 Å². The molecular formula is C9H10FNO4S. The highest BCUT2D eigenvalue weighted by atomic mass is 32.3. The maximum absolute atomic E-state index is 12.9. The molecule has 88 valence electrons. The average Bonchev–Trinajstić information content (AvgIpc) is 2.18. The molecule has 0 spiro atoms. The summed E-state index contributed by atoms with van der Waals surface area (Å²) in [7, 11) is -3.77. The molecule has 1 aromatic carbocycles. The summed E-state index contributed by atoms with van der Waals surface area (Å²) in [6.45, 7) is 1.30. The smallest absolute Gasteiger partial charge is 0.338 e. The monoisotopic (exact) mass is 247 g/mol. The predicted octanol–water partition coefficient (Wildman–Crippen LogP) is 1.02. The molecule has 1 rings (SSSR count). The molecular weight excluding hydrogens is 237 g/mol. The second-order valence-corrected chi connectivity index (χ2v) is 4.44. The van der Waals surface area contributed by atoms with Crippen LogP contribution in [0.3, 0.4) is 0 Å². The summed E-state index contributed by atoms with van der Waals surface area (Å²) in [5, 5.41) is 0. The van der Waals surface area contributed by atoms with Crippen molar-refractivity contribution in [3.8, 4) is 0 Å². The number of carbonyl (C=O) groups is 1. The van der Waals surface area contributed by atoms with Gasteiger partial charge in [-0.3, -0.25) is 0 Å². The van der Waals surface area contributed by atoms with Gasteiger partial charge in [-0.1, -0.05) is 0 Å². The molecule has 0 bridgehead atoms. The number of esters is 1. The zero-order valence-electron chi connectivity index (χ0n) is 8.65. The van der Waals surface area contributed by atoms with Gasteiger partial charge in [0.1, 0.15) is 4.90 Å². The lowest BCUT2D eigenvalue weighted by Crippen LogP contribution is -2.08. The summed E-state index contributed by atoms with van der Waals surface area (Å²) in [6, 6.07) is 2.19. The Balaban J connectivity index is 3.56. The van der Waals surface area contributed by atoms with Crippen LogP contribution < -0.4 is 5.73 Å². The summed E-state index contributed by atoms with van der Waals surface area (Å²) in [6.07, 6.45) is 0. The number of hydrogen-bond donors (Lipinski definition) is 1. The van der Waals surface area contributed by atoms with Crippen molar-refractivity contribution in [3.05, 3.63) is 23.3 Å². The molecule has 0 aliphatic rings. The van der Waals surface area contributed by atoms with Crippen LogP contribution in [-0.2, 0) is 15.0 Å². The van der Waals surface area contributed by atoms with Gasteiger partial charge in [0.25, 0.3) is 0 Å². The number of nitrogens with two attached hydrogens (primary N) is 1. The van der Waals surface area contributed by atoms with Gasteiger partial charge in [-0.25, -0.2) is 4.79 Å². The Hall–Kier alpha value is -1.63. The fourth-order valence-corrected chi connectivity index (χ4v) is 2.04.